The molecule has 2 N–H and O–H groups in total. The molecule has 0 aromatic heterocycles. The van der Waals surface area contributed by atoms with Crippen LogP contribution in [0, 0.1) is 17.2 Å². The van der Waals surface area contributed by atoms with Crippen molar-refractivity contribution in [3.63, 3.8) is 0 Å². The maximum absolute atomic E-state index is 13.3. The Balaban J connectivity index is 1.38. The van der Waals surface area contributed by atoms with Crippen LogP contribution in [-0.4, -0.2) is 54.6 Å². The molecule has 2 aliphatic rings. The van der Waals surface area contributed by atoms with E-state index in [2.05, 4.69) is 5.32 Å². The van der Waals surface area contributed by atoms with E-state index < -0.39 is 41.3 Å². The smallest absolute Gasteiger partial charge is 0.352 e. The van der Waals surface area contributed by atoms with Crippen molar-refractivity contribution >= 4 is 11.8 Å². The van der Waals surface area contributed by atoms with Gasteiger partial charge >= 0.3 is 6.18 Å². The number of alkyl halides is 5. The average Bonchev–Trinajstić information content (AvgIpc) is 2.60. The minimum atomic E-state index is -4.54. The number of nitrogens with zero attached hydrogens (tertiary/aromatic N) is 1. The lowest BCUT2D eigenvalue weighted by Gasteiger charge is -2.59. The Hall–Kier alpha value is -2.30. The van der Waals surface area contributed by atoms with Crippen molar-refractivity contribution in [3.05, 3.63) is 35.1 Å². The fourth-order valence-electron chi connectivity index (χ4n) is 4.44. The van der Waals surface area contributed by atoms with Gasteiger partial charge in [0, 0.05) is 25.2 Å². The number of carbonyl (C=O) groups is 2. The normalized spacial score (nSPS) is 18.9. The zero-order valence-corrected chi connectivity index (χ0v) is 17.7. The van der Waals surface area contributed by atoms with Crippen LogP contribution in [0.2, 0.25) is 0 Å². The lowest BCUT2D eigenvalue weighted by atomic mass is 9.57. The molecule has 0 bridgehead atoms. The van der Waals surface area contributed by atoms with Crippen LogP contribution in [0.5, 0.6) is 0 Å². The highest BCUT2D eigenvalue weighted by Crippen LogP contribution is 2.51. The molecular weight excluding hydrogens is 440 g/mol. The Labute approximate surface area is 181 Å². The summed E-state index contributed by atoms with van der Waals surface area (Å²) in [5, 5.41) is 4.67. The number of carbonyl (C=O) groups excluding carboxylic acids is 2. The zero-order valence-electron chi connectivity index (χ0n) is 17.7. The van der Waals surface area contributed by atoms with Gasteiger partial charge in [0.1, 0.15) is 11.4 Å². The number of halogens is 6. The lowest BCUT2D eigenvalue weighted by molar-refractivity contribution is -0.189. The molecule has 11 heteroatoms. The summed E-state index contributed by atoms with van der Waals surface area (Å²) in [6.07, 6.45) is -5.99. The predicted octanol–water partition coefficient (Wildman–Crippen LogP) is 3.66. The van der Waals surface area contributed by atoms with Gasteiger partial charge in [-0.3, -0.25) is 14.5 Å². The van der Waals surface area contributed by atoms with E-state index in [1.165, 1.54) is 0 Å². The largest absolute Gasteiger partial charge is 0.410 e. The van der Waals surface area contributed by atoms with E-state index in [9.17, 15) is 35.9 Å². The quantitative estimate of drug-likeness (QED) is 0.605. The Bertz CT molecular complexity index is 873. The van der Waals surface area contributed by atoms with Gasteiger partial charge in [0.25, 0.3) is 12.3 Å². The number of hydrogen-bond donors (Lipinski definition) is 2. The fourth-order valence-corrected chi connectivity index (χ4v) is 4.44. The number of nitrogens with one attached hydrogen (secondary N) is 2. The molecule has 32 heavy (non-hydrogen) atoms. The van der Waals surface area contributed by atoms with Crippen LogP contribution < -0.4 is 10.6 Å². The van der Waals surface area contributed by atoms with Crippen molar-refractivity contribution in [2.24, 2.45) is 11.3 Å². The zero-order chi connectivity index (χ0) is 23.9. The van der Waals surface area contributed by atoms with Gasteiger partial charge in [-0.1, -0.05) is 0 Å². The van der Waals surface area contributed by atoms with Gasteiger partial charge in [0.2, 0.25) is 5.91 Å². The molecule has 178 valence electrons. The molecule has 1 aliphatic heterocycles. The van der Waals surface area contributed by atoms with Crippen LogP contribution in [-0.2, 0) is 4.79 Å². The third-order valence-corrected chi connectivity index (χ3v) is 6.13. The second-order valence-electron chi connectivity index (χ2n) is 9.34. The molecule has 1 saturated heterocycles. The van der Waals surface area contributed by atoms with Crippen molar-refractivity contribution in [3.8, 4) is 0 Å². The molecule has 0 atom stereocenters. The SMILES string of the molecule is CC(C)(NC(=O)CN1CC2(CC(CNC(=O)c3ccc(F)c(C(F)F)c3)C2)C1)C(F)(F)F. The monoisotopic (exact) mass is 465 g/mol. The number of likely N-dealkylation sites (tertiary alicyclic amines) is 1. The first-order chi connectivity index (χ1) is 14.7. The summed E-state index contributed by atoms with van der Waals surface area (Å²) in [7, 11) is 0. The summed E-state index contributed by atoms with van der Waals surface area (Å²) in [6, 6.07) is 2.82. The average molecular weight is 465 g/mol. The van der Waals surface area contributed by atoms with E-state index in [1.54, 1.807) is 4.90 Å². The highest BCUT2D eigenvalue weighted by Gasteiger charge is 2.53. The van der Waals surface area contributed by atoms with Crippen molar-refractivity contribution in [2.75, 3.05) is 26.2 Å². The van der Waals surface area contributed by atoms with E-state index in [0.717, 1.165) is 44.9 Å². The van der Waals surface area contributed by atoms with E-state index in [0.29, 0.717) is 19.6 Å². The topological polar surface area (TPSA) is 61.4 Å². The maximum Gasteiger partial charge on any atom is 0.410 e. The van der Waals surface area contributed by atoms with E-state index in [-0.39, 0.29) is 23.4 Å². The summed E-state index contributed by atoms with van der Waals surface area (Å²) < 4.78 is 77.5. The molecule has 0 unspecified atom stereocenters. The molecule has 1 spiro atoms. The number of benzene rings is 1. The summed E-state index contributed by atoms with van der Waals surface area (Å²) in [5.74, 6) is -2.14. The minimum absolute atomic E-state index is 0.00601. The van der Waals surface area contributed by atoms with Crippen LogP contribution in [0.4, 0.5) is 26.3 Å². The third kappa shape index (κ3) is 5.19. The molecule has 1 aromatic carbocycles. The van der Waals surface area contributed by atoms with Gasteiger partial charge in [-0.2, -0.15) is 13.2 Å². The maximum atomic E-state index is 13.3. The van der Waals surface area contributed by atoms with Crippen molar-refractivity contribution in [1.29, 1.82) is 0 Å². The van der Waals surface area contributed by atoms with Crippen LogP contribution >= 0.6 is 0 Å². The van der Waals surface area contributed by atoms with Gasteiger partial charge in [-0.15, -0.1) is 0 Å². The molecule has 5 nitrogen and oxygen atoms in total. The summed E-state index contributed by atoms with van der Waals surface area (Å²) in [5.41, 5.74) is -3.17. The van der Waals surface area contributed by atoms with Crippen LogP contribution in [0.3, 0.4) is 0 Å². The number of amides is 2. The second kappa shape index (κ2) is 8.57. The Morgan fingerprint density at radius 2 is 1.81 bits per heavy atom. The van der Waals surface area contributed by atoms with E-state index in [1.807, 2.05) is 5.32 Å². The molecule has 1 aromatic rings. The minimum Gasteiger partial charge on any atom is -0.352 e. The third-order valence-electron chi connectivity index (χ3n) is 6.13. The standard InChI is InChI=1S/C21H25F6N3O2/c1-19(2,21(25,26)27)29-16(31)9-30-10-20(11-30)6-12(7-20)8-28-18(32)13-3-4-15(22)14(5-13)17(23)24/h3-5,12,17H,6-11H2,1-2H3,(H,28,32)(H,29,31). The second-order valence-corrected chi connectivity index (χ2v) is 9.34. The summed E-state index contributed by atoms with van der Waals surface area (Å²) in [4.78, 5) is 25.9. The Kier molecular flexibility index (Phi) is 6.52. The van der Waals surface area contributed by atoms with Gasteiger partial charge in [0.05, 0.1) is 12.1 Å². The Morgan fingerprint density at radius 1 is 1.19 bits per heavy atom. The van der Waals surface area contributed by atoms with E-state index in [4.69, 9.17) is 0 Å². The van der Waals surface area contributed by atoms with Gasteiger partial charge in [-0.05, 0) is 56.2 Å². The molecule has 3 rings (SSSR count). The molecule has 1 heterocycles. The summed E-state index contributed by atoms with van der Waals surface area (Å²) in [6.45, 7) is 3.23. The fraction of sp³-hybridized carbons (Fsp3) is 0.619. The first kappa shape index (κ1) is 24.3. The first-order valence-electron chi connectivity index (χ1n) is 10.2. The number of rotatable bonds is 7. The van der Waals surface area contributed by atoms with Gasteiger partial charge in [-0.25, -0.2) is 13.2 Å². The molecule has 2 amide bonds. The molecule has 0 radical (unpaired) electrons. The van der Waals surface area contributed by atoms with Crippen molar-refractivity contribution in [2.45, 2.75) is 44.8 Å². The summed E-state index contributed by atoms with van der Waals surface area (Å²) >= 11 is 0. The molecular formula is C21H25F6N3O2. The van der Waals surface area contributed by atoms with Gasteiger partial charge < -0.3 is 10.6 Å². The lowest BCUT2D eigenvalue weighted by Crippen LogP contribution is -2.65. The highest BCUT2D eigenvalue weighted by atomic mass is 19.4. The van der Waals surface area contributed by atoms with Crippen LogP contribution in [0.15, 0.2) is 18.2 Å². The van der Waals surface area contributed by atoms with Crippen LogP contribution in [0.1, 0.15) is 49.0 Å². The molecule has 1 saturated carbocycles. The van der Waals surface area contributed by atoms with Gasteiger partial charge in [0.15, 0.2) is 0 Å². The van der Waals surface area contributed by atoms with Crippen LogP contribution in [0.25, 0.3) is 0 Å². The van der Waals surface area contributed by atoms with Crippen molar-refractivity contribution < 1.29 is 35.9 Å². The highest BCUT2D eigenvalue weighted by molar-refractivity contribution is 5.94. The molecule has 1 aliphatic carbocycles. The predicted molar refractivity (Wildman–Crippen MR) is 104 cm³/mol. The Morgan fingerprint density at radius 3 is 2.38 bits per heavy atom. The molecule has 2 fully saturated rings. The van der Waals surface area contributed by atoms with Crippen molar-refractivity contribution in [1.82, 2.24) is 15.5 Å². The van der Waals surface area contributed by atoms with E-state index >= 15 is 0 Å². The first-order valence-corrected chi connectivity index (χ1v) is 10.2. The number of hydrogen-bond acceptors (Lipinski definition) is 3.